The van der Waals surface area contributed by atoms with E-state index in [2.05, 4.69) is 6.07 Å². The number of Topliss-reactive ketones (excluding diaryl/α,β-unsaturated/α-hetero) is 1. The first-order chi connectivity index (χ1) is 18.0. The molecule has 206 valence electrons. The van der Waals surface area contributed by atoms with Gasteiger partial charge in [-0.1, -0.05) is 60.7 Å². The van der Waals surface area contributed by atoms with E-state index in [1.54, 1.807) is 13.8 Å². The molecule has 3 aromatic rings. The maximum Gasteiger partial charge on any atom is 1.00 e. The maximum absolute atomic E-state index is 13.0. The average Bonchev–Trinajstić information content (AvgIpc) is 3.54. The molecule has 7 heteroatoms. The zero-order valence-corrected chi connectivity index (χ0v) is 26.0. The normalized spacial score (nSPS) is 20.9. The number of carbonyl (C=O) groups is 1. The van der Waals surface area contributed by atoms with Gasteiger partial charge in [0.1, 0.15) is 20.1 Å². The Hall–Kier alpha value is -1.65. The van der Waals surface area contributed by atoms with E-state index in [1.807, 2.05) is 91.0 Å². The van der Waals surface area contributed by atoms with Crippen LogP contribution in [0.15, 0.2) is 91.0 Å². The van der Waals surface area contributed by atoms with Crippen LogP contribution in [0.25, 0.3) is 0 Å². The molecule has 0 amide bonds. The summed E-state index contributed by atoms with van der Waals surface area (Å²) in [6.45, 7) is 6.61. The third-order valence-electron chi connectivity index (χ3n) is 6.60. The summed E-state index contributed by atoms with van der Waals surface area (Å²) in [5.74, 6) is 0.167. The van der Waals surface area contributed by atoms with Gasteiger partial charge in [-0.2, -0.15) is 36.4 Å². The van der Waals surface area contributed by atoms with E-state index in [0.29, 0.717) is 0 Å². The summed E-state index contributed by atoms with van der Waals surface area (Å²) in [7, 11) is -4.33. The fourth-order valence-electron chi connectivity index (χ4n) is 4.88. The largest absolute Gasteiger partial charge is 1.00 e. The van der Waals surface area contributed by atoms with Gasteiger partial charge in [-0.25, -0.2) is 0 Å². The minimum atomic E-state index is -2.40. The van der Waals surface area contributed by atoms with Crippen molar-refractivity contribution in [2.75, 3.05) is 18.5 Å². The number of hydrogen-bond donors (Lipinski definition) is 1. The molecule has 0 unspecified atom stereocenters. The summed E-state index contributed by atoms with van der Waals surface area (Å²) in [5, 5.41) is 12.2. The molecular weight excluding hydrogens is 517 g/mol. The van der Waals surface area contributed by atoms with Crippen molar-refractivity contribution >= 4 is 30.7 Å². The molecule has 0 bridgehead atoms. The molecule has 0 radical (unpaired) electrons. The quantitative estimate of drug-likeness (QED) is 0.297. The fourth-order valence-corrected chi connectivity index (χ4v) is 11.7. The summed E-state index contributed by atoms with van der Waals surface area (Å²) >= 11 is 0. The van der Waals surface area contributed by atoms with E-state index >= 15 is 0 Å². The van der Waals surface area contributed by atoms with Gasteiger partial charge in [0.05, 0.1) is 5.60 Å². The van der Waals surface area contributed by atoms with Gasteiger partial charge in [-0.15, -0.1) is 0 Å². The van der Waals surface area contributed by atoms with E-state index in [9.17, 15) is 19.0 Å². The van der Waals surface area contributed by atoms with Crippen molar-refractivity contribution in [3.8, 4) is 0 Å². The molecule has 2 aliphatic heterocycles. The number of benzene rings is 3. The molecule has 0 saturated carbocycles. The monoisotopic (exact) mass is 560 g/mol. The van der Waals surface area contributed by atoms with Crippen LogP contribution in [0, 0.1) is 6.07 Å². The molecule has 1 N–H and O–H groups in total. The molecule has 2 fully saturated rings. The SMILES string of the molecule is CC(C)(O)[C@@H]1CCC[P@]1(=O)c1ccccc1.CC(C)=O.O=P1(c2ccccc2)CCCC1.[Li+].[c-]1ccccc1. The first-order valence-corrected chi connectivity index (χ1v) is 17.4. The number of aliphatic hydroxyl groups is 1. The Balaban J connectivity index is 0.000000290. The van der Waals surface area contributed by atoms with Gasteiger partial charge in [-0.05, 0) is 53.4 Å². The summed E-state index contributed by atoms with van der Waals surface area (Å²) in [4.78, 5) is 9.44. The Morgan fingerprint density at radius 2 is 1.21 bits per heavy atom. The second kappa shape index (κ2) is 17.2. The smallest absolute Gasteiger partial charge is 0.390 e. The van der Waals surface area contributed by atoms with Crippen LogP contribution < -0.4 is 29.5 Å². The summed E-state index contributed by atoms with van der Waals surface area (Å²) < 4.78 is 25.2. The van der Waals surface area contributed by atoms with E-state index in [4.69, 9.17) is 0 Å². The van der Waals surface area contributed by atoms with Crippen molar-refractivity contribution in [2.24, 2.45) is 0 Å². The number of rotatable bonds is 3. The second-order valence-corrected chi connectivity index (χ2v) is 16.9. The molecule has 0 aliphatic carbocycles. The van der Waals surface area contributed by atoms with Crippen LogP contribution in [0.3, 0.4) is 0 Å². The molecule has 4 nitrogen and oxygen atoms in total. The molecule has 5 rings (SSSR count). The van der Waals surface area contributed by atoms with Gasteiger partial charge < -0.3 is 19.0 Å². The maximum atomic E-state index is 13.0. The van der Waals surface area contributed by atoms with Gasteiger partial charge in [-0.3, -0.25) is 0 Å². The van der Waals surface area contributed by atoms with Gasteiger partial charge in [0, 0.05) is 34.8 Å². The Bertz CT molecular complexity index is 1140. The Morgan fingerprint density at radius 3 is 1.59 bits per heavy atom. The van der Waals surface area contributed by atoms with Crippen LogP contribution in [0.2, 0.25) is 0 Å². The van der Waals surface area contributed by atoms with Crippen molar-refractivity contribution in [1.29, 1.82) is 0 Å². The third-order valence-corrected chi connectivity index (χ3v) is 14.0. The standard InChI is InChI=1S/C13H19O2P.C10H13OP.C6H5.C3H6O.Li/c1-13(2,14)12-9-6-10-16(12,15)11-7-4-3-5-8-11;11-12(8-4-5-9-12)10-6-2-1-3-7-10;1-2-4-6-5-3-1;1-3(2)4;/h3-5,7-8,12,14H,6,9-10H2,1-2H3;1-3,6-7H,4-5,8-9H2;1-5H;1-2H3;/q;;-1;;+1/t12-,16-;;;;/m0..../s1. The predicted octanol–water partition coefficient (Wildman–Crippen LogP) is 4.16. The molecule has 2 saturated heterocycles. The molecule has 3 aromatic carbocycles. The van der Waals surface area contributed by atoms with E-state index < -0.39 is 19.9 Å². The zero-order chi connectivity index (χ0) is 28.1. The van der Waals surface area contributed by atoms with Crippen LogP contribution >= 0.6 is 14.3 Å². The van der Waals surface area contributed by atoms with Crippen molar-refractivity contribution in [3.63, 3.8) is 0 Å². The topological polar surface area (TPSA) is 71.4 Å². The Morgan fingerprint density at radius 1 is 0.769 bits per heavy atom. The van der Waals surface area contributed by atoms with E-state index in [0.717, 1.165) is 54.8 Å². The van der Waals surface area contributed by atoms with Gasteiger partial charge in [0.25, 0.3) is 0 Å². The van der Waals surface area contributed by atoms with E-state index in [1.165, 1.54) is 13.8 Å². The summed E-state index contributed by atoms with van der Waals surface area (Å²) in [6.07, 6.45) is 6.72. The van der Waals surface area contributed by atoms with Crippen molar-refractivity contribution in [2.45, 2.75) is 64.6 Å². The second-order valence-electron chi connectivity index (χ2n) is 10.5. The van der Waals surface area contributed by atoms with Crippen LogP contribution in [0.5, 0.6) is 0 Å². The summed E-state index contributed by atoms with van der Waals surface area (Å²) in [6, 6.07) is 32.1. The minimum absolute atomic E-state index is 0. The molecular formula is C32H43LiO4P2. The van der Waals surface area contributed by atoms with Crippen LogP contribution in [0.1, 0.15) is 53.4 Å². The van der Waals surface area contributed by atoms with Gasteiger partial charge in [0.15, 0.2) is 0 Å². The Kier molecular flexibility index (Phi) is 15.6. The molecule has 39 heavy (non-hydrogen) atoms. The minimum Gasteiger partial charge on any atom is -0.390 e. The first-order valence-electron chi connectivity index (χ1n) is 13.4. The molecule has 2 atom stereocenters. The number of carbonyl (C=O) groups excluding carboxylic acids is 1. The number of hydrogen-bond acceptors (Lipinski definition) is 4. The van der Waals surface area contributed by atoms with Crippen molar-refractivity contribution in [3.05, 3.63) is 97.1 Å². The summed E-state index contributed by atoms with van der Waals surface area (Å²) in [5.41, 5.74) is -0.926. The van der Waals surface area contributed by atoms with Crippen molar-refractivity contribution in [1.82, 2.24) is 0 Å². The predicted molar refractivity (Wildman–Crippen MR) is 162 cm³/mol. The third kappa shape index (κ3) is 11.8. The van der Waals surface area contributed by atoms with Crippen molar-refractivity contribution < 1.29 is 37.9 Å². The van der Waals surface area contributed by atoms with Crippen LogP contribution in [-0.4, -0.2) is 40.6 Å². The van der Waals surface area contributed by atoms with Crippen LogP contribution in [0.4, 0.5) is 0 Å². The Labute approximate surface area is 247 Å². The molecule has 2 aliphatic rings. The van der Waals surface area contributed by atoms with E-state index in [-0.39, 0.29) is 30.3 Å². The fraction of sp³-hybridized carbons (Fsp3) is 0.406. The molecule has 0 spiro atoms. The van der Waals surface area contributed by atoms with Gasteiger partial charge >= 0.3 is 18.9 Å². The molecule has 2 heterocycles. The van der Waals surface area contributed by atoms with Gasteiger partial charge in [0.2, 0.25) is 0 Å². The number of ketones is 1. The molecule has 0 aromatic heterocycles. The zero-order valence-electron chi connectivity index (χ0n) is 24.3. The average molecular weight is 561 g/mol. The first kappa shape index (κ1) is 35.4. The van der Waals surface area contributed by atoms with Crippen LogP contribution in [-0.2, 0) is 13.9 Å².